The highest BCUT2D eigenvalue weighted by molar-refractivity contribution is 7.00. The lowest BCUT2D eigenvalue weighted by atomic mass is 9.33. The summed E-state index contributed by atoms with van der Waals surface area (Å²) in [5.41, 5.74) is 21.9. The fourth-order valence-electron chi connectivity index (χ4n) is 8.57. The smallest absolute Gasteiger partial charge is 0.252 e. The van der Waals surface area contributed by atoms with Gasteiger partial charge in [0.05, 0.1) is 0 Å². The Hall–Kier alpha value is -4.24. The van der Waals surface area contributed by atoms with Gasteiger partial charge in [-0.05, 0) is 145 Å². The van der Waals surface area contributed by atoms with Crippen molar-refractivity contribution in [2.24, 2.45) is 0 Å². The van der Waals surface area contributed by atoms with Crippen molar-refractivity contribution in [1.82, 2.24) is 0 Å². The van der Waals surface area contributed by atoms with Gasteiger partial charge >= 0.3 is 0 Å². The van der Waals surface area contributed by atoms with Crippen LogP contribution in [0.2, 0.25) is 0 Å². The molecular formula is C49H57BN2. The Morgan fingerprint density at radius 2 is 0.904 bits per heavy atom. The van der Waals surface area contributed by atoms with Crippen molar-refractivity contribution in [2.45, 2.75) is 125 Å². The molecule has 0 fully saturated rings. The van der Waals surface area contributed by atoms with Crippen molar-refractivity contribution >= 4 is 57.2 Å². The molecule has 5 aromatic rings. The lowest BCUT2D eigenvalue weighted by Gasteiger charge is -2.46. The minimum Gasteiger partial charge on any atom is -0.311 e. The average Bonchev–Trinajstić information content (AvgIpc) is 3.03. The highest BCUT2D eigenvalue weighted by Crippen LogP contribution is 2.47. The molecule has 2 aliphatic heterocycles. The van der Waals surface area contributed by atoms with Crippen molar-refractivity contribution in [2.75, 3.05) is 9.80 Å². The second-order valence-corrected chi connectivity index (χ2v) is 20.1. The molecule has 0 saturated heterocycles. The van der Waals surface area contributed by atoms with Crippen molar-refractivity contribution in [3.63, 3.8) is 0 Å². The number of rotatable bonds is 2. The predicted octanol–water partition coefficient (Wildman–Crippen LogP) is 11.4. The molecule has 8 rings (SSSR count). The molecule has 0 N–H and O–H groups in total. The molecule has 0 atom stereocenters. The first-order valence-electron chi connectivity index (χ1n) is 19.5. The molecule has 52 heavy (non-hydrogen) atoms. The summed E-state index contributed by atoms with van der Waals surface area (Å²) >= 11 is 0. The van der Waals surface area contributed by atoms with Crippen LogP contribution >= 0.6 is 0 Å². The summed E-state index contributed by atoms with van der Waals surface area (Å²) < 4.78 is 0. The quantitative estimate of drug-likeness (QED) is 0.167. The van der Waals surface area contributed by atoms with E-state index in [1.165, 1.54) is 89.5 Å². The van der Waals surface area contributed by atoms with Crippen LogP contribution in [0, 0.1) is 6.92 Å². The normalized spacial score (nSPS) is 15.1. The summed E-state index contributed by atoms with van der Waals surface area (Å²) in [6.07, 6.45) is 2.32. The van der Waals surface area contributed by atoms with Crippen LogP contribution in [0.15, 0.2) is 84.9 Å². The molecule has 3 aliphatic rings. The Morgan fingerprint density at radius 3 is 1.42 bits per heavy atom. The maximum atomic E-state index is 2.64. The van der Waals surface area contributed by atoms with Crippen molar-refractivity contribution < 1.29 is 0 Å². The van der Waals surface area contributed by atoms with Crippen LogP contribution in [0.3, 0.4) is 0 Å². The minimum absolute atomic E-state index is 0.0158. The minimum atomic E-state index is 0.0158. The van der Waals surface area contributed by atoms with E-state index in [0.717, 1.165) is 12.8 Å². The monoisotopic (exact) mass is 684 g/mol. The molecule has 0 bridgehead atoms. The molecule has 0 radical (unpaired) electrons. The van der Waals surface area contributed by atoms with Gasteiger partial charge in [0.2, 0.25) is 0 Å². The maximum absolute atomic E-state index is 2.64. The van der Waals surface area contributed by atoms with Gasteiger partial charge in [0.1, 0.15) is 0 Å². The van der Waals surface area contributed by atoms with Crippen LogP contribution in [0.4, 0.5) is 34.1 Å². The predicted molar refractivity (Wildman–Crippen MR) is 227 cm³/mol. The molecule has 2 nitrogen and oxygen atoms in total. The second-order valence-electron chi connectivity index (χ2n) is 20.1. The number of hydrogen-bond acceptors (Lipinski definition) is 2. The van der Waals surface area contributed by atoms with Crippen molar-refractivity contribution in [3.05, 3.63) is 124 Å². The fraction of sp³-hybridized carbons (Fsp3) is 0.388. The lowest BCUT2D eigenvalue weighted by molar-refractivity contribution is 0.569. The van der Waals surface area contributed by atoms with Crippen LogP contribution in [-0.2, 0) is 34.5 Å². The molecule has 0 aromatic heterocycles. The SMILES string of the molecule is Cc1cc2c3c(c1)N(c1cc(C(C)(C)C)cc(C(C)(C)C)c1)c1cc4c(cc1B3c1cc(C(C)(C)C)ccc1N2c1ccc(C(C)(C)C)cc1)CC4. The molecule has 0 spiro atoms. The van der Waals surface area contributed by atoms with E-state index in [-0.39, 0.29) is 28.4 Å². The van der Waals surface area contributed by atoms with E-state index < -0.39 is 0 Å². The Labute approximate surface area is 314 Å². The summed E-state index contributed by atoms with van der Waals surface area (Å²) in [6, 6.07) is 34.1. The summed E-state index contributed by atoms with van der Waals surface area (Å²) in [5, 5.41) is 0. The molecule has 0 amide bonds. The van der Waals surface area contributed by atoms with Crippen LogP contribution in [0.5, 0.6) is 0 Å². The van der Waals surface area contributed by atoms with Crippen molar-refractivity contribution in [1.29, 1.82) is 0 Å². The molecule has 5 aromatic carbocycles. The fourth-order valence-corrected chi connectivity index (χ4v) is 8.57. The van der Waals surface area contributed by atoms with Crippen LogP contribution in [-0.4, -0.2) is 6.71 Å². The van der Waals surface area contributed by atoms with Gasteiger partial charge in [-0.3, -0.25) is 0 Å². The van der Waals surface area contributed by atoms with Gasteiger partial charge in [-0.1, -0.05) is 119 Å². The van der Waals surface area contributed by atoms with E-state index in [4.69, 9.17) is 0 Å². The molecule has 0 saturated carbocycles. The summed E-state index contributed by atoms with van der Waals surface area (Å²) in [7, 11) is 0. The Balaban J connectivity index is 1.47. The van der Waals surface area contributed by atoms with E-state index in [0.29, 0.717) is 0 Å². The topological polar surface area (TPSA) is 6.48 Å². The third-order valence-electron chi connectivity index (χ3n) is 12.0. The van der Waals surface area contributed by atoms with Gasteiger partial charge in [-0.25, -0.2) is 0 Å². The molecule has 0 unspecified atom stereocenters. The number of benzene rings is 5. The van der Waals surface area contributed by atoms with Crippen molar-refractivity contribution in [3.8, 4) is 0 Å². The van der Waals surface area contributed by atoms with Gasteiger partial charge in [0.15, 0.2) is 0 Å². The van der Waals surface area contributed by atoms with E-state index in [1.807, 2.05) is 0 Å². The number of nitrogens with zero attached hydrogens (tertiary/aromatic N) is 2. The number of hydrogen-bond donors (Lipinski definition) is 0. The van der Waals surface area contributed by atoms with Crippen LogP contribution in [0.1, 0.15) is 122 Å². The Kier molecular flexibility index (Phi) is 7.62. The molecule has 266 valence electrons. The second kappa shape index (κ2) is 11.4. The first-order valence-corrected chi connectivity index (χ1v) is 19.5. The summed E-state index contributed by atoms with van der Waals surface area (Å²) in [5.74, 6) is 0. The third kappa shape index (κ3) is 5.62. The zero-order valence-corrected chi connectivity index (χ0v) is 34.0. The van der Waals surface area contributed by atoms with E-state index in [9.17, 15) is 0 Å². The van der Waals surface area contributed by atoms with Crippen LogP contribution < -0.4 is 26.2 Å². The van der Waals surface area contributed by atoms with Gasteiger partial charge in [0.25, 0.3) is 6.71 Å². The van der Waals surface area contributed by atoms with E-state index in [2.05, 4.69) is 185 Å². The number of anilines is 6. The van der Waals surface area contributed by atoms with Crippen LogP contribution in [0.25, 0.3) is 0 Å². The third-order valence-corrected chi connectivity index (χ3v) is 12.0. The molecule has 3 heteroatoms. The van der Waals surface area contributed by atoms with Gasteiger partial charge in [-0.15, -0.1) is 0 Å². The highest BCUT2D eigenvalue weighted by Gasteiger charge is 2.45. The zero-order valence-electron chi connectivity index (χ0n) is 34.0. The highest BCUT2D eigenvalue weighted by atomic mass is 15.2. The zero-order chi connectivity index (χ0) is 37.3. The van der Waals surface area contributed by atoms with E-state index >= 15 is 0 Å². The average molecular weight is 685 g/mol. The summed E-state index contributed by atoms with van der Waals surface area (Å²) in [6.45, 7) is 30.4. The van der Waals surface area contributed by atoms with Gasteiger partial charge in [0, 0.05) is 34.1 Å². The molecular weight excluding hydrogens is 627 g/mol. The maximum Gasteiger partial charge on any atom is 0.252 e. The largest absolute Gasteiger partial charge is 0.311 e. The summed E-state index contributed by atoms with van der Waals surface area (Å²) in [4.78, 5) is 5.20. The first-order chi connectivity index (χ1) is 24.2. The molecule has 2 heterocycles. The Bertz CT molecular complexity index is 2210. The van der Waals surface area contributed by atoms with Gasteiger partial charge in [-0.2, -0.15) is 0 Å². The van der Waals surface area contributed by atoms with E-state index in [1.54, 1.807) is 0 Å². The number of fused-ring (bicyclic) bond motifs is 5. The number of aryl methyl sites for hydroxylation is 3. The standard InChI is InChI=1S/C49H57BN2/c1-30-22-43-45-44(23-30)52(38-27-35(48(8,9)10)26-36(28-38)49(11,12)13)42-25-32-15-14-31(32)24-39(42)50(45)40-29-34(47(5,6)7)18-21-41(40)51(43)37-19-16-33(17-20-37)46(2,3)4/h16-29H,14-15H2,1-13H3. The molecule has 1 aliphatic carbocycles. The lowest BCUT2D eigenvalue weighted by Crippen LogP contribution is -2.62. The Morgan fingerprint density at radius 1 is 0.423 bits per heavy atom. The first kappa shape index (κ1) is 34.8. The van der Waals surface area contributed by atoms with Gasteiger partial charge < -0.3 is 9.80 Å².